The smallest absolute Gasteiger partial charge is 1.00 e. The summed E-state index contributed by atoms with van der Waals surface area (Å²) in [5.41, 5.74) is 12.8. The second kappa shape index (κ2) is 10.6. The second-order valence-electron chi connectivity index (χ2n) is 6.52. The van der Waals surface area contributed by atoms with Gasteiger partial charge in [0.25, 0.3) is 0 Å². The molecule has 0 spiro atoms. The minimum atomic E-state index is 0. The molecule has 0 fully saturated rings. The summed E-state index contributed by atoms with van der Waals surface area (Å²) in [7, 11) is 0. The Morgan fingerprint density at radius 3 is 1.88 bits per heavy atom. The molecule has 0 saturated carbocycles. The van der Waals surface area contributed by atoms with Gasteiger partial charge in [-0.3, -0.25) is 0 Å². The average molecular weight is 463 g/mol. The summed E-state index contributed by atoms with van der Waals surface area (Å²) in [5.74, 6) is 0. The zero-order valence-corrected chi connectivity index (χ0v) is 20.0. The summed E-state index contributed by atoms with van der Waals surface area (Å²) in [6, 6.07) is 18.1. The molecule has 0 saturated heterocycles. The number of benzene rings is 2. The number of hydrogen-bond acceptors (Lipinski definition) is 0. The van der Waals surface area contributed by atoms with Crippen LogP contribution in [0.3, 0.4) is 0 Å². The Kier molecular flexibility index (Phi) is 10.2. The van der Waals surface area contributed by atoms with Gasteiger partial charge in [-0.2, -0.15) is 57.6 Å². The molecule has 0 unspecified atom stereocenters. The first-order valence-corrected chi connectivity index (χ1v) is 8.28. The molecule has 134 valence electrons. The molecule has 0 radical (unpaired) electrons. The van der Waals surface area contributed by atoms with Gasteiger partial charge < -0.3 is 24.8 Å². The van der Waals surface area contributed by atoms with E-state index in [1.807, 2.05) is 6.07 Å². The van der Waals surface area contributed by atoms with Gasteiger partial charge in [0.2, 0.25) is 0 Å². The zero-order valence-electron chi connectivity index (χ0n) is 16.0. The van der Waals surface area contributed by atoms with Crippen molar-refractivity contribution in [1.82, 2.24) is 0 Å². The van der Waals surface area contributed by atoms with Gasteiger partial charge >= 0.3 is 26.2 Å². The molecule has 0 amide bonds. The number of halogens is 2. The second-order valence-corrected chi connectivity index (χ2v) is 6.52. The molecule has 0 nitrogen and oxygen atoms in total. The maximum Gasteiger partial charge on any atom is 4.00 e. The van der Waals surface area contributed by atoms with Crippen molar-refractivity contribution in [2.45, 2.75) is 41.0 Å². The van der Waals surface area contributed by atoms with E-state index in [-0.39, 0.29) is 51.0 Å². The van der Waals surface area contributed by atoms with Crippen LogP contribution in [0.1, 0.15) is 38.9 Å². The third kappa shape index (κ3) is 4.75. The molecule has 1 aliphatic rings. The molecule has 1 aliphatic carbocycles. The van der Waals surface area contributed by atoms with E-state index in [0.717, 1.165) is 6.42 Å². The molecule has 0 N–H and O–H groups in total. The van der Waals surface area contributed by atoms with Crippen molar-refractivity contribution in [3.05, 3.63) is 87.5 Å². The first kappa shape index (κ1) is 25.3. The van der Waals surface area contributed by atoms with Gasteiger partial charge in [0, 0.05) is 0 Å². The fraction of sp³-hybridized carbons (Fsp3) is 0.261. The SMILES string of the molecule is Cc1c(C)c(C)[c-](C)c1C.[Cl-].[Cl-].[Zr+4].[c-]1cccc2c1Cc1ccccc1-2. The third-order valence-corrected chi connectivity index (χ3v) is 5.43. The average Bonchev–Trinajstić information content (AvgIpc) is 3.04. The minimum absolute atomic E-state index is 0. The van der Waals surface area contributed by atoms with Gasteiger partial charge in [0.05, 0.1) is 0 Å². The van der Waals surface area contributed by atoms with Crippen LogP contribution < -0.4 is 24.8 Å². The van der Waals surface area contributed by atoms with Gasteiger partial charge in [-0.15, -0.1) is 5.56 Å². The monoisotopic (exact) mass is 460 g/mol. The Balaban J connectivity index is 0.000000445. The van der Waals surface area contributed by atoms with E-state index in [4.69, 9.17) is 0 Å². The molecule has 0 atom stereocenters. The number of fused-ring (bicyclic) bond motifs is 3. The molecule has 0 bridgehead atoms. The van der Waals surface area contributed by atoms with E-state index in [1.165, 1.54) is 50.1 Å². The van der Waals surface area contributed by atoms with Gasteiger partial charge in [-0.1, -0.05) is 70.0 Å². The van der Waals surface area contributed by atoms with Crippen molar-refractivity contribution < 1.29 is 51.0 Å². The largest absolute Gasteiger partial charge is 4.00 e. The molecule has 0 aliphatic heterocycles. The van der Waals surface area contributed by atoms with Crippen molar-refractivity contribution in [3.8, 4) is 11.1 Å². The van der Waals surface area contributed by atoms with Crippen LogP contribution in [0.2, 0.25) is 0 Å². The number of rotatable bonds is 0. The summed E-state index contributed by atoms with van der Waals surface area (Å²) < 4.78 is 0. The third-order valence-electron chi connectivity index (χ3n) is 5.43. The zero-order chi connectivity index (χ0) is 16.6. The first-order valence-electron chi connectivity index (χ1n) is 8.28. The normalized spacial score (nSPS) is 10.2. The topological polar surface area (TPSA) is 0 Å². The van der Waals surface area contributed by atoms with Crippen LogP contribution in [0.4, 0.5) is 0 Å². The Morgan fingerprint density at radius 2 is 1.35 bits per heavy atom. The van der Waals surface area contributed by atoms with Gasteiger partial charge in [0.15, 0.2) is 0 Å². The molecule has 3 aromatic carbocycles. The van der Waals surface area contributed by atoms with Crippen LogP contribution in [0, 0.1) is 40.7 Å². The summed E-state index contributed by atoms with van der Waals surface area (Å²) in [4.78, 5) is 0. The van der Waals surface area contributed by atoms with Gasteiger partial charge in [-0.05, 0) is 6.42 Å². The van der Waals surface area contributed by atoms with Crippen LogP contribution in [-0.4, -0.2) is 0 Å². The summed E-state index contributed by atoms with van der Waals surface area (Å²) >= 11 is 0. The van der Waals surface area contributed by atoms with E-state index < -0.39 is 0 Å². The van der Waals surface area contributed by atoms with Crippen LogP contribution >= 0.6 is 0 Å². The van der Waals surface area contributed by atoms with Crippen molar-refractivity contribution in [2.75, 3.05) is 0 Å². The molecule has 3 aromatic rings. The van der Waals surface area contributed by atoms with Crippen LogP contribution in [-0.2, 0) is 32.6 Å². The Hall–Kier alpha value is -0.747. The van der Waals surface area contributed by atoms with E-state index in [9.17, 15) is 0 Å². The summed E-state index contributed by atoms with van der Waals surface area (Å²) in [6.07, 6.45) is 1.05. The molecular formula is C23H24Cl2Zr. The quantitative estimate of drug-likeness (QED) is 0.323. The maximum absolute atomic E-state index is 3.30. The Labute approximate surface area is 189 Å². The van der Waals surface area contributed by atoms with Crippen molar-refractivity contribution in [1.29, 1.82) is 0 Å². The maximum atomic E-state index is 3.30. The van der Waals surface area contributed by atoms with Crippen molar-refractivity contribution >= 4 is 0 Å². The first-order chi connectivity index (χ1) is 11.0. The Morgan fingerprint density at radius 1 is 0.808 bits per heavy atom. The molecule has 4 rings (SSSR count). The fourth-order valence-corrected chi connectivity index (χ4v) is 3.40. The van der Waals surface area contributed by atoms with E-state index >= 15 is 0 Å². The fourth-order valence-electron chi connectivity index (χ4n) is 3.40. The Bertz CT molecular complexity index is 739. The van der Waals surface area contributed by atoms with Crippen LogP contribution in [0.5, 0.6) is 0 Å². The van der Waals surface area contributed by atoms with Gasteiger partial charge in [0.1, 0.15) is 0 Å². The van der Waals surface area contributed by atoms with E-state index in [2.05, 4.69) is 77.1 Å². The van der Waals surface area contributed by atoms with Crippen LogP contribution in [0.25, 0.3) is 11.1 Å². The van der Waals surface area contributed by atoms with E-state index in [0.29, 0.717) is 0 Å². The van der Waals surface area contributed by atoms with Crippen LogP contribution in [0.15, 0.2) is 42.5 Å². The standard InChI is InChI=1S/C13H9.C10H15.2ClH.Zr/c1-3-7-12-10(5-1)9-11-6-2-4-8-13(11)12;1-6-7(2)9(4)10(5)8(6)3;;;/h1-5,7-8H,9H2;1-5H3;2*1H;/q2*-1;;;+4/p-2. The predicted octanol–water partition coefficient (Wildman–Crippen LogP) is 0.0111. The predicted molar refractivity (Wildman–Crippen MR) is 99.2 cm³/mol. The summed E-state index contributed by atoms with van der Waals surface area (Å²) in [6.45, 7) is 11.0. The van der Waals surface area contributed by atoms with Crippen molar-refractivity contribution in [3.63, 3.8) is 0 Å². The molecule has 0 heterocycles. The van der Waals surface area contributed by atoms with E-state index in [1.54, 1.807) is 0 Å². The molecule has 0 aromatic heterocycles. The van der Waals surface area contributed by atoms with Crippen molar-refractivity contribution in [2.24, 2.45) is 0 Å². The number of hydrogen-bond donors (Lipinski definition) is 0. The van der Waals surface area contributed by atoms with Gasteiger partial charge in [-0.25, -0.2) is 0 Å². The minimum Gasteiger partial charge on any atom is -1.00 e. The molecule has 3 heteroatoms. The summed E-state index contributed by atoms with van der Waals surface area (Å²) in [5, 5.41) is 0. The molecular weight excluding hydrogens is 438 g/mol. The molecule has 26 heavy (non-hydrogen) atoms.